The van der Waals surface area contributed by atoms with E-state index in [0.717, 1.165) is 107 Å². The highest BCUT2D eigenvalue weighted by atomic mass is 16.2. The van der Waals surface area contributed by atoms with E-state index in [1.54, 1.807) is 11.9 Å². The van der Waals surface area contributed by atoms with Crippen LogP contribution in [0.15, 0.2) is 97.3 Å². The van der Waals surface area contributed by atoms with Crippen LogP contribution in [0, 0.1) is 11.8 Å². The molecule has 9 rings (SSSR count). The summed E-state index contributed by atoms with van der Waals surface area (Å²) < 4.78 is 3.74. The van der Waals surface area contributed by atoms with E-state index < -0.39 is 30.1 Å². The molecular formula is C65H87N11O6. The summed E-state index contributed by atoms with van der Waals surface area (Å²) in [5.41, 5.74) is 5.83. The lowest BCUT2D eigenvalue weighted by atomic mass is 9.87. The van der Waals surface area contributed by atoms with E-state index >= 15 is 0 Å². The van der Waals surface area contributed by atoms with E-state index in [2.05, 4.69) is 60.8 Å². The maximum Gasteiger partial charge on any atom is 0.246 e. The Hall–Kier alpha value is -6.88. The molecule has 0 saturated carbocycles. The number of benzene rings is 3. The summed E-state index contributed by atoms with van der Waals surface area (Å²) in [5.74, 6) is -1.34. The predicted octanol–water partition coefficient (Wildman–Crippen LogP) is 8.79. The molecule has 0 bridgehead atoms. The number of ketones is 2. The lowest BCUT2D eigenvalue weighted by molar-refractivity contribution is -0.145. The highest BCUT2D eigenvalue weighted by Crippen LogP contribution is 2.38. The van der Waals surface area contributed by atoms with Gasteiger partial charge in [-0.2, -0.15) is 0 Å². The number of nitrogens with zero attached hydrogens (tertiary/aromatic N) is 8. The number of carbonyl (C=O) groups excluding carboxylic acids is 6. The van der Waals surface area contributed by atoms with Crippen LogP contribution in [0.25, 0.3) is 0 Å². The van der Waals surface area contributed by atoms with Gasteiger partial charge in [-0.25, -0.2) is 0 Å². The monoisotopic (exact) mass is 1120 g/mol. The van der Waals surface area contributed by atoms with Gasteiger partial charge in [-0.05, 0) is 133 Å². The van der Waals surface area contributed by atoms with Crippen LogP contribution in [0.1, 0.15) is 188 Å². The Morgan fingerprint density at radius 3 is 1.78 bits per heavy atom. The first-order chi connectivity index (χ1) is 39.9. The number of fused-ring (bicyclic) bond motifs is 2. The van der Waals surface area contributed by atoms with Crippen LogP contribution in [0.2, 0.25) is 0 Å². The Morgan fingerprint density at radius 2 is 1.17 bits per heavy atom. The molecule has 4 aliphatic rings. The van der Waals surface area contributed by atoms with Crippen LogP contribution in [-0.2, 0) is 54.7 Å². The van der Waals surface area contributed by atoms with Crippen LogP contribution in [0.5, 0.6) is 0 Å². The van der Waals surface area contributed by atoms with Crippen molar-refractivity contribution in [1.29, 1.82) is 0 Å². The summed E-state index contributed by atoms with van der Waals surface area (Å²) in [6, 6.07) is 26.0. The van der Waals surface area contributed by atoms with Crippen molar-refractivity contribution >= 4 is 35.2 Å². The maximum absolute atomic E-state index is 14.4. The molecule has 82 heavy (non-hydrogen) atoms. The van der Waals surface area contributed by atoms with Crippen molar-refractivity contribution in [1.82, 2.24) is 55.7 Å². The first kappa shape index (κ1) is 59.7. The summed E-state index contributed by atoms with van der Waals surface area (Å²) in [4.78, 5) is 86.6. The molecule has 5 aromatic rings. The highest BCUT2D eigenvalue weighted by Gasteiger charge is 2.46. The number of rotatable bonds is 26. The van der Waals surface area contributed by atoms with Gasteiger partial charge in [0.15, 0.2) is 5.78 Å². The molecule has 438 valence electrons. The molecule has 3 N–H and O–H groups in total. The summed E-state index contributed by atoms with van der Waals surface area (Å²) >= 11 is 0. The number of likely N-dealkylation sites (N-methyl/N-ethyl adjacent to an activating group) is 1. The predicted molar refractivity (Wildman–Crippen MR) is 314 cm³/mol. The number of amides is 4. The molecule has 0 spiro atoms. The Kier molecular flexibility index (Phi) is 21.0. The summed E-state index contributed by atoms with van der Waals surface area (Å²) in [6.45, 7) is 7.06. The zero-order chi connectivity index (χ0) is 57.5. The molecule has 10 atom stereocenters. The van der Waals surface area contributed by atoms with Crippen LogP contribution in [-0.4, -0.2) is 118 Å². The van der Waals surface area contributed by atoms with Gasteiger partial charge in [0.1, 0.15) is 23.6 Å². The van der Waals surface area contributed by atoms with Crippen molar-refractivity contribution in [2.24, 2.45) is 11.8 Å². The zero-order valence-corrected chi connectivity index (χ0v) is 48.8. The second-order valence-corrected chi connectivity index (χ2v) is 23.8. The second kappa shape index (κ2) is 28.9. The fraction of sp³-hybridized carbons (Fsp3) is 0.569. The van der Waals surface area contributed by atoms with E-state index in [-0.39, 0.29) is 78.0 Å². The van der Waals surface area contributed by atoms with E-state index in [1.165, 1.54) is 11.1 Å². The van der Waals surface area contributed by atoms with Crippen molar-refractivity contribution < 1.29 is 28.8 Å². The highest BCUT2D eigenvalue weighted by molar-refractivity contribution is 5.95. The number of nitrogens with one attached hydrogen (secondary N) is 3. The van der Waals surface area contributed by atoms with Crippen molar-refractivity contribution in [3.8, 4) is 0 Å². The van der Waals surface area contributed by atoms with E-state index in [9.17, 15) is 28.8 Å². The third-order valence-corrected chi connectivity index (χ3v) is 18.2. The SMILES string of the molecule is CC[C@@H](C)C(=O)N[C@H]1CCCCC2CC[C@@H](C(=O)N[C@@H](c3ccccc3)c3cn(CCCCc4ccc(CCCCn5cc([C@@H](CC(=O)[C@@H]6CCC7CCCC[C@H](CC(=O)[C@H](C)NC)C(=O)N76)c6ccccc6)nn5)cc4)nn3)N2C1=O. The first-order valence-corrected chi connectivity index (χ1v) is 30.8. The third kappa shape index (κ3) is 15.0. The largest absolute Gasteiger partial charge is 0.344 e. The van der Waals surface area contributed by atoms with E-state index in [0.29, 0.717) is 50.9 Å². The molecule has 4 aliphatic heterocycles. The second-order valence-electron chi connectivity index (χ2n) is 23.8. The smallest absolute Gasteiger partial charge is 0.246 e. The van der Waals surface area contributed by atoms with Crippen molar-refractivity contribution in [3.05, 3.63) is 131 Å². The van der Waals surface area contributed by atoms with Crippen LogP contribution >= 0.6 is 0 Å². The number of aromatic nitrogens is 6. The number of carbonyl (C=O) groups is 6. The zero-order valence-electron chi connectivity index (χ0n) is 48.8. The van der Waals surface area contributed by atoms with Gasteiger partial charge in [-0.3, -0.25) is 38.1 Å². The lowest BCUT2D eigenvalue weighted by Crippen LogP contribution is -2.57. The molecule has 3 aromatic carbocycles. The van der Waals surface area contributed by atoms with Gasteiger partial charge < -0.3 is 25.8 Å². The molecule has 2 unspecified atom stereocenters. The first-order valence-electron chi connectivity index (χ1n) is 30.8. The molecular weight excluding hydrogens is 1030 g/mol. The minimum Gasteiger partial charge on any atom is -0.344 e. The summed E-state index contributed by atoms with van der Waals surface area (Å²) in [7, 11) is 1.76. The molecule has 4 amide bonds. The van der Waals surface area contributed by atoms with Gasteiger partial charge in [-0.1, -0.05) is 135 Å². The fourth-order valence-electron chi connectivity index (χ4n) is 13.0. The average Bonchev–Trinajstić information content (AvgIpc) is 4.39. The van der Waals surface area contributed by atoms with Gasteiger partial charge in [0.2, 0.25) is 23.6 Å². The van der Waals surface area contributed by atoms with Gasteiger partial charge in [0.25, 0.3) is 0 Å². The molecule has 2 aromatic heterocycles. The number of hydrogen-bond donors (Lipinski definition) is 3. The van der Waals surface area contributed by atoms with Gasteiger partial charge in [0, 0.05) is 62.0 Å². The Balaban J connectivity index is 0.734. The number of aryl methyl sites for hydroxylation is 4. The molecule has 17 heteroatoms. The molecule has 0 radical (unpaired) electrons. The van der Waals surface area contributed by atoms with Crippen molar-refractivity contribution in [2.75, 3.05) is 7.05 Å². The Morgan fingerprint density at radius 1 is 0.622 bits per heavy atom. The van der Waals surface area contributed by atoms with E-state index in [1.807, 2.05) is 108 Å². The third-order valence-electron chi connectivity index (χ3n) is 18.2. The van der Waals surface area contributed by atoms with Crippen LogP contribution < -0.4 is 16.0 Å². The Labute approximate surface area is 484 Å². The maximum atomic E-state index is 14.4. The summed E-state index contributed by atoms with van der Waals surface area (Å²) in [5, 5.41) is 27.5. The molecule has 4 saturated heterocycles. The quantitative estimate of drug-likeness (QED) is 0.0446. The van der Waals surface area contributed by atoms with Gasteiger partial charge >= 0.3 is 0 Å². The van der Waals surface area contributed by atoms with E-state index in [4.69, 9.17) is 0 Å². The average molecular weight is 1120 g/mol. The Bertz CT molecular complexity index is 2710. The van der Waals surface area contributed by atoms with Crippen molar-refractivity contribution in [2.45, 2.75) is 217 Å². The standard InChI is InChI=1S/C65H87N11O6/c1-5-44(2)62(79)67-54-29-15-14-28-52-35-37-58(76(52)65(54)82)63(80)68-61(49-24-10-7-11-25-49)56-43-74(72-70-56)39-19-17-21-47-32-30-46(31-33-47)20-16-18-38-73-42-55(69-71-73)53(48-22-8-6-9-23-48)41-60(78)57-36-34-51-27-13-12-26-50(64(81)75(51)57)40-59(77)45(3)66-4/h6-11,22-25,30-33,42-45,50-54,57-58,61,66H,5,12-21,26-29,34-41H2,1-4H3,(H,67,79)(H,68,80)/t44-,45+,50-,51?,52?,53+,54+,57+,58+,61+/m1/s1. The molecule has 6 heterocycles. The van der Waals surface area contributed by atoms with Crippen molar-refractivity contribution in [3.63, 3.8) is 0 Å². The minimum absolute atomic E-state index is 0.0302. The summed E-state index contributed by atoms with van der Waals surface area (Å²) in [6.07, 6.45) is 20.1. The number of hydrogen-bond acceptors (Lipinski definition) is 11. The minimum atomic E-state index is -0.634. The van der Waals surface area contributed by atoms with Gasteiger partial charge in [-0.15, -0.1) is 10.2 Å². The fourth-order valence-corrected chi connectivity index (χ4v) is 13.0. The molecule has 0 aliphatic carbocycles. The van der Waals surface area contributed by atoms with Gasteiger partial charge in [0.05, 0.1) is 30.0 Å². The molecule has 4 fully saturated rings. The topological polar surface area (TPSA) is 206 Å². The normalized spacial score (nSPS) is 22.6. The van der Waals surface area contributed by atoms with Crippen LogP contribution in [0.4, 0.5) is 0 Å². The molecule has 17 nitrogen and oxygen atoms in total. The van der Waals surface area contributed by atoms with Crippen LogP contribution in [0.3, 0.4) is 0 Å². The number of Topliss-reactive ketones (excluding diaryl/α,β-unsaturated/α-hetero) is 2. The lowest BCUT2D eigenvalue weighted by Gasteiger charge is -2.36. The number of unbranched alkanes of at least 4 members (excludes halogenated alkanes) is 2.